The van der Waals surface area contributed by atoms with Crippen LogP contribution < -0.4 is 11.5 Å². The Balaban J connectivity index is 2.05. The van der Waals surface area contributed by atoms with Crippen LogP contribution in [0.4, 0.5) is 0 Å². The van der Waals surface area contributed by atoms with Crippen molar-refractivity contribution in [1.29, 1.82) is 0 Å². The average Bonchev–Trinajstić information content (AvgIpc) is 2.78. The molecule has 0 saturated heterocycles. The first-order valence-corrected chi connectivity index (χ1v) is 7.83. The summed E-state index contributed by atoms with van der Waals surface area (Å²) in [5.41, 5.74) is 18.8. The molecule has 110 valence electrons. The highest BCUT2D eigenvalue weighted by Crippen LogP contribution is 2.27. The van der Waals surface area contributed by atoms with E-state index in [2.05, 4.69) is 30.3 Å². The van der Waals surface area contributed by atoms with Crippen LogP contribution in [0.15, 0.2) is 30.3 Å². The number of benzene rings is 1. The number of rotatable bonds is 3. The highest BCUT2D eigenvalue weighted by atomic mass is 14.7. The maximum atomic E-state index is 5.88. The molecule has 0 aliphatic heterocycles. The Morgan fingerprint density at radius 2 is 1.76 bits per heavy atom. The van der Waals surface area contributed by atoms with Gasteiger partial charge in [0.1, 0.15) is 0 Å². The van der Waals surface area contributed by atoms with E-state index in [1.807, 2.05) is 0 Å². The number of aromatic nitrogens is 1. The van der Waals surface area contributed by atoms with Gasteiger partial charge in [0.25, 0.3) is 0 Å². The van der Waals surface area contributed by atoms with Gasteiger partial charge >= 0.3 is 0 Å². The molecule has 1 aromatic heterocycles. The summed E-state index contributed by atoms with van der Waals surface area (Å²) in [5, 5.41) is 0. The third-order valence-electron chi connectivity index (χ3n) is 4.33. The summed E-state index contributed by atoms with van der Waals surface area (Å²) in [5.74, 6) is 0. The Kier molecular flexibility index (Phi) is 4.32. The Morgan fingerprint density at radius 3 is 2.57 bits per heavy atom. The predicted molar refractivity (Wildman–Crippen MR) is 86.7 cm³/mol. The van der Waals surface area contributed by atoms with Crippen molar-refractivity contribution in [1.82, 2.24) is 4.98 Å². The van der Waals surface area contributed by atoms with Crippen LogP contribution in [0.3, 0.4) is 0 Å². The van der Waals surface area contributed by atoms with Gasteiger partial charge < -0.3 is 11.5 Å². The summed E-state index contributed by atoms with van der Waals surface area (Å²) in [6, 6.07) is 10.6. The fraction of sp³-hybridized carbons (Fsp3) is 0.389. The van der Waals surface area contributed by atoms with E-state index in [1.165, 1.54) is 30.5 Å². The van der Waals surface area contributed by atoms with E-state index in [4.69, 9.17) is 16.5 Å². The Bertz CT molecular complexity index is 634. The maximum absolute atomic E-state index is 5.88. The summed E-state index contributed by atoms with van der Waals surface area (Å²) in [4.78, 5) is 4.93. The average molecular weight is 281 g/mol. The van der Waals surface area contributed by atoms with E-state index in [9.17, 15) is 0 Å². The molecule has 1 aliphatic rings. The number of nitrogens with two attached hydrogens (primary N) is 2. The van der Waals surface area contributed by atoms with Crippen molar-refractivity contribution < 1.29 is 0 Å². The monoisotopic (exact) mass is 281 g/mol. The molecule has 0 bridgehead atoms. The SMILES string of the molecule is NCc1ccc(CN)c(-c2ccc3c(n2)CCCCC3)c1. The summed E-state index contributed by atoms with van der Waals surface area (Å²) in [6.07, 6.45) is 6.09. The molecule has 0 atom stereocenters. The van der Waals surface area contributed by atoms with E-state index in [-0.39, 0.29) is 0 Å². The maximum Gasteiger partial charge on any atom is 0.0708 e. The second kappa shape index (κ2) is 6.37. The summed E-state index contributed by atoms with van der Waals surface area (Å²) in [7, 11) is 0. The number of aryl methyl sites for hydroxylation is 2. The number of fused-ring (bicyclic) bond motifs is 1. The van der Waals surface area contributed by atoms with Crippen LogP contribution in [0.25, 0.3) is 11.3 Å². The fourth-order valence-corrected chi connectivity index (χ4v) is 3.08. The van der Waals surface area contributed by atoms with Crippen LogP contribution >= 0.6 is 0 Å². The van der Waals surface area contributed by atoms with Gasteiger partial charge in [0.2, 0.25) is 0 Å². The zero-order chi connectivity index (χ0) is 14.7. The molecule has 3 nitrogen and oxygen atoms in total. The molecule has 2 aromatic rings. The van der Waals surface area contributed by atoms with Crippen molar-refractivity contribution in [3.05, 3.63) is 52.7 Å². The standard InChI is InChI=1S/C18H23N3/c19-11-13-6-7-15(12-20)16(10-13)18-9-8-14-4-2-1-3-5-17(14)21-18/h6-10H,1-5,11-12,19-20H2. The molecule has 0 amide bonds. The molecule has 21 heavy (non-hydrogen) atoms. The van der Waals surface area contributed by atoms with Gasteiger partial charge in [-0.3, -0.25) is 4.98 Å². The summed E-state index contributed by atoms with van der Waals surface area (Å²) >= 11 is 0. The molecule has 0 spiro atoms. The minimum absolute atomic E-state index is 0.527. The van der Waals surface area contributed by atoms with Gasteiger partial charge in [-0.15, -0.1) is 0 Å². The number of pyridine rings is 1. The zero-order valence-electron chi connectivity index (χ0n) is 12.4. The highest BCUT2D eigenvalue weighted by molar-refractivity contribution is 5.65. The van der Waals surface area contributed by atoms with Crippen molar-refractivity contribution in [2.45, 2.75) is 45.2 Å². The van der Waals surface area contributed by atoms with Crippen molar-refractivity contribution in [3.8, 4) is 11.3 Å². The first kappa shape index (κ1) is 14.2. The lowest BCUT2D eigenvalue weighted by Gasteiger charge is -2.12. The fourth-order valence-electron chi connectivity index (χ4n) is 3.08. The molecule has 0 unspecified atom stereocenters. The van der Waals surface area contributed by atoms with Crippen LogP contribution in [0.5, 0.6) is 0 Å². The molecule has 1 aliphatic carbocycles. The van der Waals surface area contributed by atoms with Crippen LogP contribution in [0, 0.1) is 0 Å². The quantitative estimate of drug-likeness (QED) is 0.850. The lowest BCUT2D eigenvalue weighted by Crippen LogP contribution is -2.04. The minimum Gasteiger partial charge on any atom is -0.326 e. The van der Waals surface area contributed by atoms with Gasteiger partial charge in [-0.05, 0) is 54.5 Å². The molecule has 4 N–H and O–H groups in total. The molecule has 3 heteroatoms. The predicted octanol–water partition coefficient (Wildman–Crippen LogP) is 2.93. The number of nitrogens with zero attached hydrogens (tertiary/aromatic N) is 1. The van der Waals surface area contributed by atoms with Gasteiger partial charge in [0.15, 0.2) is 0 Å². The smallest absolute Gasteiger partial charge is 0.0708 e. The number of hydrogen-bond acceptors (Lipinski definition) is 3. The van der Waals surface area contributed by atoms with E-state index in [0.29, 0.717) is 13.1 Å². The molecule has 1 aromatic carbocycles. The molecule has 3 rings (SSSR count). The van der Waals surface area contributed by atoms with Crippen LogP contribution in [-0.4, -0.2) is 4.98 Å². The molecule has 0 fully saturated rings. The lowest BCUT2D eigenvalue weighted by molar-refractivity contribution is 0.709. The van der Waals surface area contributed by atoms with Gasteiger partial charge in [-0.25, -0.2) is 0 Å². The first-order chi connectivity index (χ1) is 10.3. The van der Waals surface area contributed by atoms with E-state index in [1.54, 1.807) is 0 Å². The topological polar surface area (TPSA) is 64.9 Å². The van der Waals surface area contributed by atoms with E-state index >= 15 is 0 Å². The van der Waals surface area contributed by atoms with Gasteiger partial charge in [0.05, 0.1) is 5.69 Å². The Labute approximate surface area is 126 Å². The second-order valence-electron chi connectivity index (χ2n) is 5.76. The van der Waals surface area contributed by atoms with E-state index in [0.717, 1.165) is 35.2 Å². The van der Waals surface area contributed by atoms with Crippen LogP contribution in [0.2, 0.25) is 0 Å². The third kappa shape index (κ3) is 2.99. The molecular weight excluding hydrogens is 258 g/mol. The van der Waals surface area contributed by atoms with Gasteiger partial charge in [-0.2, -0.15) is 0 Å². The molecule has 0 radical (unpaired) electrons. The van der Waals surface area contributed by atoms with Gasteiger partial charge in [0, 0.05) is 24.3 Å². The highest BCUT2D eigenvalue weighted by Gasteiger charge is 2.12. The van der Waals surface area contributed by atoms with Crippen molar-refractivity contribution >= 4 is 0 Å². The largest absolute Gasteiger partial charge is 0.326 e. The van der Waals surface area contributed by atoms with E-state index < -0.39 is 0 Å². The third-order valence-corrected chi connectivity index (χ3v) is 4.33. The van der Waals surface area contributed by atoms with Crippen molar-refractivity contribution in [2.24, 2.45) is 11.5 Å². The Morgan fingerprint density at radius 1 is 0.905 bits per heavy atom. The van der Waals surface area contributed by atoms with Crippen LogP contribution in [0.1, 0.15) is 41.6 Å². The second-order valence-corrected chi connectivity index (χ2v) is 5.76. The Hall–Kier alpha value is -1.71. The molecule has 1 heterocycles. The van der Waals surface area contributed by atoms with Crippen molar-refractivity contribution in [2.75, 3.05) is 0 Å². The zero-order valence-corrected chi connectivity index (χ0v) is 12.4. The summed E-state index contributed by atoms with van der Waals surface area (Å²) in [6.45, 7) is 1.07. The molecule has 0 saturated carbocycles. The summed E-state index contributed by atoms with van der Waals surface area (Å²) < 4.78 is 0. The van der Waals surface area contributed by atoms with Crippen LogP contribution in [-0.2, 0) is 25.9 Å². The lowest BCUT2D eigenvalue weighted by atomic mass is 9.99. The van der Waals surface area contributed by atoms with Gasteiger partial charge in [-0.1, -0.05) is 24.6 Å². The van der Waals surface area contributed by atoms with Crippen molar-refractivity contribution in [3.63, 3.8) is 0 Å². The number of hydrogen-bond donors (Lipinski definition) is 2. The normalized spacial score (nSPS) is 14.6. The molecular formula is C18H23N3. The first-order valence-electron chi connectivity index (χ1n) is 7.83. The minimum atomic E-state index is 0.527.